The summed E-state index contributed by atoms with van der Waals surface area (Å²) in [6.45, 7) is 2.41. The van der Waals surface area contributed by atoms with E-state index in [-0.39, 0.29) is 5.91 Å². The van der Waals surface area contributed by atoms with Crippen LogP contribution in [-0.2, 0) is 11.3 Å². The minimum Gasteiger partial charge on any atom is -0.460 e. The van der Waals surface area contributed by atoms with E-state index in [0.717, 1.165) is 46.3 Å². The average Bonchev–Trinajstić information content (AvgIpc) is 3.41. The number of benzene rings is 1. The van der Waals surface area contributed by atoms with Gasteiger partial charge in [-0.3, -0.25) is 14.7 Å². The van der Waals surface area contributed by atoms with Crippen molar-refractivity contribution >= 4 is 38.4 Å². The summed E-state index contributed by atoms with van der Waals surface area (Å²) in [6, 6.07) is 11.3. The molecule has 1 amide bonds. The van der Waals surface area contributed by atoms with Gasteiger partial charge in [-0.25, -0.2) is 4.98 Å². The Kier molecular flexibility index (Phi) is 4.84. The number of fused-ring (bicyclic) bond motifs is 4. The van der Waals surface area contributed by atoms with E-state index in [0.29, 0.717) is 29.1 Å². The molecule has 7 nitrogen and oxygen atoms in total. The highest BCUT2D eigenvalue weighted by Gasteiger charge is 2.41. The second-order valence-corrected chi connectivity index (χ2v) is 9.76. The number of ether oxygens (including phenoxy) is 1. The molecule has 1 aromatic carbocycles. The van der Waals surface area contributed by atoms with Crippen LogP contribution in [0.3, 0.4) is 0 Å². The second kappa shape index (κ2) is 7.86. The lowest BCUT2D eigenvalue weighted by Crippen LogP contribution is -2.49. The lowest BCUT2D eigenvalue weighted by atomic mass is 9.97. The van der Waals surface area contributed by atoms with Crippen LogP contribution in [-0.4, -0.2) is 38.9 Å². The maximum Gasteiger partial charge on any atom is 0.279 e. The Morgan fingerprint density at radius 2 is 2.09 bits per heavy atom. The maximum absolute atomic E-state index is 11.4. The van der Waals surface area contributed by atoms with Gasteiger partial charge in [-0.15, -0.1) is 0 Å². The second-order valence-electron chi connectivity index (χ2n) is 8.76. The molecular weight excluding hydrogens is 424 g/mol. The van der Waals surface area contributed by atoms with Crippen LogP contribution in [0.15, 0.2) is 47.1 Å². The van der Waals surface area contributed by atoms with Gasteiger partial charge in [0.1, 0.15) is 22.6 Å². The number of aromatic nitrogens is 2. The van der Waals surface area contributed by atoms with Crippen molar-refractivity contribution in [1.29, 1.82) is 0 Å². The van der Waals surface area contributed by atoms with Crippen molar-refractivity contribution in [3.63, 3.8) is 0 Å². The molecule has 2 fully saturated rings. The Morgan fingerprint density at radius 3 is 2.88 bits per heavy atom. The van der Waals surface area contributed by atoms with Crippen molar-refractivity contribution in [3.05, 3.63) is 48.5 Å². The number of thiazole rings is 1. The van der Waals surface area contributed by atoms with Crippen LogP contribution in [0.2, 0.25) is 0 Å². The standard InChI is InChI=1S/C24H24N4O3S/c1-14(29)26-16-9-17-3-4-18(10-16)28(17)13-20-8-15-2-5-19(11-22(15)30-20)31-24-27-21-12-25-7-6-23(21)32-24/h2,5-8,11-12,16-18H,3-4,9-10,13H2,1H3,(H,26,29). The van der Waals surface area contributed by atoms with Crippen LogP contribution < -0.4 is 10.1 Å². The molecule has 2 atom stereocenters. The first-order valence-electron chi connectivity index (χ1n) is 11.0. The molecule has 0 aliphatic carbocycles. The number of carbonyl (C=O) groups excluding carboxylic acids is 1. The topological polar surface area (TPSA) is 80.5 Å². The van der Waals surface area contributed by atoms with E-state index in [1.165, 1.54) is 24.2 Å². The van der Waals surface area contributed by atoms with E-state index < -0.39 is 0 Å². The zero-order chi connectivity index (χ0) is 21.7. The number of hydrogen-bond donors (Lipinski definition) is 1. The monoisotopic (exact) mass is 448 g/mol. The minimum absolute atomic E-state index is 0.0701. The summed E-state index contributed by atoms with van der Waals surface area (Å²) in [4.78, 5) is 22.6. The summed E-state index contributed by atoms with van der Waals surface area (Å²) in [6.07, 6.45) is 7.92. The largest absolute Gasteiger partial charge is 0.460 e. The van der Waals surface area contributed by atoms with Gasteiger partial charge in [-0.1, -0.05) is 11.3 Å². The van der Waals surface area contributed by atoms with E-state index in [4.69, 9.17) is 9.15 Å². The van der Waals surface area contributed by atoms with Crippen LogP contribution in [0.5, 0.6) is 10.9 Å². The highest BCUT2D eigenvalue weighted by atomic mass is 32.1. The van der Waals surface area contributed by atoms with Gasteiger partial charge in [-0.2, -0.15) is 0 Å². The fourth-order valence-electron chi connectivity index (χ4n) is 5.23. The third-order valence-corrected chi connectivity index (χ3v) is 7.46. The molecule has 2 bridgehead atoms. The van der Waals surface area contributed by atoms with Gasteiger partial charge in [-0.05, 0) is 49.9 Å². The van der Waals surface area contributed by atoms with Crippen LogP contribution in [0.25, 0.3) is 21.2 Å². The summed E-state index contributed by atoms with van der Waals surface area (Å²) in [5, 5.41) is 4.78. The Morgan fingerprint density at radius 1 is 1.25 bits per heavy atom. The van der Waals surface area contributed by atoms with E-state index in [1.807, 2.05) is 24.3 Å². The summed E-state index contributed by atoms with van der Waals surface area (Å²) in [5.41, 5.74) is 1.66. The smallest absolute Gasteiger partial charge is 0.279 e. The van der Waals surface area contributed by atoms with Crippen molar-refractivity contribution in [2.24, 2.45) is 0 Å². The van der Waals surface area contributed by atoms with E-state index in [2.05, 4.69) is 26.3 Å². The first-order chi connectivity index (χ1) is 15.6. The molecular formula is C24H24N4O3S. The van der Waals surface area contributed by atoms with Crippen molar-refractivity contribution < 1.29 is 13.9 Å². The Bertz CT molecular complexity index is 1250. The van der Waals surface area contributed by atoms with Crippen LogP contribution in [0, 0.1) is 0 Å². The highest BCUT2D eigenvalue weighted by Crippen LogP contribution is 2.38. The molecule has 2 saturated heterocycles. The molecule has 2 unspecified atom stereocenters. The van der Waals surface area contributed by atoms with Gasteiger partial charge < -0.3 is 14.5 Å². The third-order valence-electron chi connectivity index (χ3n) is 6.55. The summed E-state index contributed by atoms with van der Waals surface area (Å²) < 4.78 is 13.2. The number of nitrogens with zero attached hydrogens (tertiary/aromatic N) is 3. The molecule has 0 saturated carbocycles. The number of nitrogens with one attached hydrogen (secondary N) is 1. The Labute approximate surface area is 189 Å². The molecule has 3 aromatic heterocycles. The van der Waals surface area contributed by atoms with Gasteiger partial charge in [0.15, 0.2) is 0 Å². The third kappa shape index (κ3) is 3.73. The zero-order valence-electron chi connectivity index (χ0n) is 17.8. The molecule has 2 aliphatic rings. The number of furan rings is 1. The average molecular weight is 449 g/mol. The van der Waals surface area contributed by atoms with Crippen molar-refractivity contribution in [1.82, 2.24) is 20.2 Å². The Balaban J connectivity index is 1.17. The minimum atomic E-state index is 0.0701. The number of rotatable bonds is 5. The fourth-order valence-corrected chi connectivity index (χ4v) is 6.03. The van der Waals surface area contributed by atoms with Gasteiger partial charge >= 0.3 is 0 Å². The SMILES string of the molecule is CC(=O)NC1CC2CCC(C1)N2Cc1cc2ccc(Oc3nc4cnccc4s3)cc2o1. The van der Waals surface area contributed by atoms with E-state index in [1.54, 1.807) is 19.3 Å². The zero-order valence-corrected chi connectivity index (χ0v) is 18.6. The van der Waals surface area contributed by atoms with Crippen molar-refractivity contribution in [2.45, 2.75) is 57.3 Å². The lowest BCUT2D eigenvalue weighted by Gasteiger charge is -2.38. The van der Waals surface area contributed by atoms with Crippen LogP contribution >= 0.6 is 11.3 Å². The molecule has 164 valence electrons. The predicted octanol–water partition coefficient (Wildman–Crippen LogP) is 4.86. The first kappa shape index (κ1) is 19.7. The molecule has 6 rings (SSSR count). The number of carbonyl (C=O) groups is 1. The normalized spacial score (nSPS) is 23.1. The summed E-state index contributed by atoms with van der Waals surface area (Å²) >= 11 is 1.50. The molecule has 8 heteroatoms. The number of amides is 1. The first-order valence-corrected chi connectivity index (χ1v) is 11.9. The predicted molar refractivity (Wildman–Crippen MR) is 123 cm³/mol. The molecule has 4 aromatic rings. The number of piperidine rings is 1. The molecule has 0 radical (unpaired) electrons. The molecule has 5 heterocycles. The highest BCUT2D eigenvalue weighted by molar-refractivity contribution is 7.20. The van der Waals surface area contributed by atoms with Crippen LogP contribution in [0.1, 0.15) is 38.4 Å². The van der Waals surface area contributed by atoms with Gasteiger partial charge in [0.2, 0.25) is 5.91 Å². The number of pyridine rings is 1. The molecule has 1 N–H and O–H groups in total. The fraction of sp³-hybridized carbons (Fsp3) is 0.375. The lowest BCUT2D eigenvalue weighted by molar-refractivity contribution is -0.120. The molecule has 2 aliphatic heterocycles. The number of hydrogen-bond acceptors (Lipinski definition) is 7. The van der Waals surface area contributed by atoms with Crippen molar-refractivity contribution in [3.8, 4) is 10.9 Å². The Hall–Kier alpha value is -2.97. The van der Waals surface area contributed by atoms with E-state index in [9.17, 15) is 4.79 Å². The van der Waals surface area contributed by atoms with Gasteiger partial charge in [0.05, 0.1) is 17.4 Å². The maximum atomic E-state index is 11.4. The van der Waals surface area contributed by atoms with Gasteiger partial charge in [0, 0.05) is 42.7 Å². The van der Waals surface area contributed by atoms with Crippen LogP contribution in [0.4, 0.5) is 0 Å². The molecule has 32 heavy (non-hydrogen) atoms. The summed E-state index contributed by atoms with van der Waals surface area (Å²) in [7, 11) is 0. The summed E-state index contributed by atoms with van der Waals surface area (Å²) in [5.74, 6) is 1.75. The van der Waals surface area contributed by atoms with Crippen molar-refractivity contribution in [2.75, 3.05) is 0 Å². The molecule has 0 spiro atoms. The van der Waals surface area contributed by atoms with Gasteiger partial charge in [0.25, 0.3) is 5.19 Å². The van der Waals surface area contributed by atoms with E-state index >= 15 is 0 Å². The quantitative estimate of drug-likeness (QED) is 0.470.